The number of hydrogen-bond donors (Lipinski definition) is 1. The second-order valence-corrected chi connectivity index (χ2v) is 7.30. The van der Waals surface area contributed by atoms with E-state index in [0.29, 0.717) is 22.3 Å². The Morgan fingerprint density at radius 1 is 1.26 bits per heavy atom. The highest BCUT2D eigenvalue weighted by Gasteiger charge is 2.16. The van der Waals surface area contributed by atoms with Crippen molar-refractivity contribution in [2.45, 2.75) is 57.9 Å². The van der Waals surface area contributed by atoms with Gasteiger partial charge in [0.05, 0.1) is 11.3 Å². The van der Waals surface area contributed by atoms with E-state index in [1.54, 1.807) is 0 Å². The largest absolute Gasteiger partial charge is 0.355 e. The molecule has 5 heteroatoms. The molecule has 1 aliphatic rings. The van der Waals surface area contributed by atoms with E-state index < -0.39 is 0 Å². The van der Waals surface area contributed by atoms with Crippen molar-refractivity contribution in [3.63, 3.8) is 0 Å². The summed E-state index contributed by atoms with van der Waals surface area (Å²) in [5.41, 5.74) is 3.53. The van der Waals surface area contributed by atoms with Gasteiger partial charge >= 0.3 is 0 Å². The van der Waals surface area contributed by atoms with Crippen LogP contribution < -0.4 is 5.32 Å². The molecule has 0 radical (unpaired) electrons. The SMILES string of the molecule is Cc1nc(SCC(=O)NCC2CCCCC2)c(C#N)c(C)c1C. The van der Waals surface area contributed by atoms with Crippen LogP contribution in [0.5, 0.6) is 0 Å². The number of nitriles is 1. The van der Waals surface area contributed by atoms with Crippen molar-refractivity contribution in [3.8, 4) is 6.07 Å². The number of amides is 1. The maximum Gasteiger partial charge on any atom is 0.230 e. The summed E-state index contributed by atoms with van der Waals surface area (Å²) in [7, 11) is 0. The van der Waals surface area contributed by atoms with Crippen LogP contribution in [0.2, 0.25) is 0 Å². The van der Waals surface area contributed by atoms with Gasteiger partial charge in [-0.05, 0) is 50.7 Å². The lowest BCUT2D eigenvalue weighted by Crippen LogP contribution is -2.31. The van der Waals surface area contributed by atoms with E-state index in [4.69, 9.17) is 0 Å². The Morgan fingerprint density at radius 2 is 1.96 bits per heavy atom. The number of carbonyl (C=O) groups excluding carboxylic acids is 1. The monoisotopic (exact) mass is 331 g/mol. The second-order valence-electron chi connectivity index (χ2n) is 6.34. The van der Waals surface area contributed by atoms with Crippen LogP contribution in [0, 0.1) is 38.0 Å². The Bertz CT molecular complexity index is 616. The second kappa shape index (κ2) is 8.35. The van der Waals surface area contributed by atoms with Gasteiger partial charge in [0, 0.05) is 12.2 Å². The van der Waals surface area contributed by atoms with Crippen LogP contribution in [0.3, 0.4) is 0 Å². The van der Waals surface area contributed by atoms with Crippen LogP contribution in [0.1, 0.15) is 54.5 Å². The Morgan fingerprint density at radius 3 is 2.61 bits per heavy atom. The summed E-state index contributed by atoms with van der Waals surface area (Å²) < 4.78 is 0. The molecular formula is C18H25N3OS. The number of rotatable bonds is 5. The van der Waals surface area contributed by atoms with E-state index in [9.17, 15) is 10.1 Å². The van der Waals surface area contributed by atoms with Gasteiger partial charge in [0.2, 0.25) is 5.91 Å². The van der Waals surface area contributed by atoms with E-state index >= 15 is 0 Å². The van der Waals surface area contributed by atoms with Crippen LogP contribution in [-0.4, -0.2) is 23.2 Å². The summed E-state index contributed by atoms with van der Waals surface area (Å²) >= 11 is 1.36. The van der Waals surface area contributed by atoms with Gasteiger partial charge in [0.15, 0.2) is 0 Å². The molecular weight excluding hydrogens is 306 g/mol. The van der Waals surface area contributed by atoms with Gasteiger partial charge in [-0.2, -0.15) is 5.26 Å². The van der Waals surface area contributed by atoms with Crippen molar-refractivity contribution >= 4 is 17.7 Å². The predicted octanol–water partition coefficient (Wildman–Crippen LogP) is 3.67. The first-order chi connectivity index (χ1) is 11.0. The highest BCUT2D eigenvalue weighted by molar-refractivity contribution is 8.00. The number of aryl methyl sites for hydroxylation is 1. The summed E-state index contributed by atoms with van der Waals surface area (Å²) in [4.78, 5) is 16.5. The van der Waals surface area contributed by atoms with Crippen LogP contribution in [0.15, 0.2) is 5.03 Å². The zero-order chi connectivity index (χ0) is 16.8. The highest BCUT2D eigenvalue weighted by atomic mass is 32.2. The van der Waals surface area contributed by atoms with Gasteiger partial charge in [-0.15, -0.1) is 0 Å². The molecule has 1 amide bonds. The van der Waals surface area contributed by atoms with E-state index in [1.807, 2.05) is 20.8 Å². The van der Waals surface area contributed by atoms with Gasteiger partial charge in [0.1, 0.15) is 11.1 Å². The molecule has 0 spiro atoms. The van der Waals surface area contributed by atoms with Crippen LogP contribution in [0.25, 0.3) is 0 Å². The molecule has 0 bridgehead atoms. The van der Waals surface area contributed by atoms with Crippen molar-refractivity contribution in [1.82, 2.24) is 10.3 Å². The summed E-state index contributed by atoms with van der Waals surface area (Å²) in [5, 5.41) is 13.0. The van der Waals surface area contributed by atoms with Gasteiger partial charge in [-0.1, -0.05) is 31.0 Å². The molecule has 0 saturated heterocycles. The molecule has 1 heterocycles. The molecule has 0 unspecified atom stereocenters. The van der Waals surface area contributed by atoms with E-state index in [0.717, 1.165) is 23.4 Å². The summed E-state index contributed by atoms with van der Waals surface area (Å²) in [6.07, 6.45) is 6.35. The fraction of sp³-hybridized carbons (Fsp3) is 0.611. The van der Waals surface area contributed by atoms with Crippen LogP contribution in [0.4, 0.5) is 0 Å². The lowest BCUT2D eigenvalue weighted by molar-refractivity contribution is -0.118. The Hall–Kier alpha value is -1.54. The minimum absolute atomic E-state index is 0.0298. The fourth-order valence-corrected chi connectivity index (χ4v) is 3.90. The molecule has 0 aliphatic heterocycles. The third-order valence-electron chi connectivity index (χ3n) is 4.73. The topological polar surface area (TPSA) is 65.8 Å². The fourth-order valence-electron chi connectivity index (χ4n) is 2.98. The maximum atomic E-state index is 12.1. The van der Waals surface area contributed by atoms with E-state index in [1.165, 1.54) is 43.9 Å². The number of aromatic nitrogens is 1. The molecule has 4 nitrogen and oxygen atoms in total. The van der Waals surface area contributed by atoms with Crippen molar-refractivity contribution in [1.29, 1.82) is 5.26 Å². The zero-order valence-electron chi connectivity index (χ0n) is 14.2. The summed E-state index contributed by atoms with van der Waals surface area (Å²) in [6, 6.07) is 2.22. The lowest BCUT2D eigenvalue weighted by Gasteiger charge is -2.21. The minimum Gasteiger partial charge on any atom is -0.355 e. The van der Waals surface area contributed by atoms with Crippen molar-refractivity contribution in [2.75, 3.05) is 12.3 Å². The molecule has 0 atom stereocenters. The molecule has 1 aromatic rings. The molecule has 1 saturated carbocycles. The lowest BCUT2D eigenvalue weighted by atomic mass is 9.89. The zero-order valence-corrected chi connectivity index (χ0v) is 15.1. The Balaban J connectivity index is 1.90. The number of nitrogens with zero attached hydrogens (tertiary/aromatic N) is 2. The molecule has 2 rings (SSSR count). The standard InChI is InChI=1S/C18H25N3OS/c1-12-13(2)16(9-19)18(21-14(12)3)23-11-17(22)20-10-15-7-5-4-6-8-15/h15H,4-8,10-11H2,1-3H3,(H,20,22). The number of thioether (sulfide) groups is 1. The van der Waals surface area contributed by atoms with Crippen LogP contribution >= 0.6 is 11.8 Å². The van der Waals surface area contributed by atoms with Gasteiger partial charge in [0.25, 0.3) is 0 Å². The molecule has 0 aromatic carbocycles. The van der Waals surface area contributed by atoms with E-state index in [2.05, 4.69) is 16.4 Å². The normalized spacial score (nSPS) is 15.2. The first-order valence-corrected chi connectivity index (χ1v) is 9.29. The number of carbonyl (C=O) groups is 1. The predicted molar refractivity (Wildman–Crippen MR) is 93.5 cm³/mol. The maximum absolute atomic E-state index is 12.1. The molecule has 124 valence electrons. The summed E-state index contributed by atoms with van der Waals surface area (Å²) in [6.45, 7) is 6.64. The third-order valence-corrected chi connectivity index (χ3v) is 5.70. The minimum atomic E-state index is 0.0298. The number of pyridine rings is 1. The van der Waals surface area contributed by atoms with Crippen molar-refractivity contribution < 1.29 is 4.79 Å². The number of hydrogen-bond acceptors (Lipinski definition) is 4. The van der Waals surface area contributed by atoms with Gasteiger partial charge in [-0.25, -0.2) is 4.98 Å². The molecule has 1 aliphatic carbocycles. The van der Waals surface area contributed by atoms with Crippen LogP contribution in [-0.2, 0) is 4.79 Å². The third kappa shape index (κ3) is 4.71. The first kappa shape index (κ1) is 17.8. The molecule has 1 aromatic heterocycles. The smallest absolute Gasteiger partial charge is 0.230 e. The average molecular weight is 331 g/mol. The summed E-state index contributed by atoms with van der Waals surface area (Å²) in [5.74, 6) is 0.979. The Labute approximate surface area is 143 Å². The van der Waals surface area contributed by atoms with Gasteiger partial charge in [-0.3, -0.25) is 4.79 Å². The number of nitrogens with one attached hydrogen (secondary N) is 1. The highest BCUT2D eigenvalue weighted by Crippen LogP contribution is 2.26. The molecule has 1 N–H and O–H groups in total. The molecule has 1 fully saturated rings. The quantitative estimate of drug-likeness (QED) is 0.836. The first-order valence-electron chi connectivity index (χ1n) is 8.30. The Kier molecular flexibility index (Phi) is 6.47. The van der Waals surface area contributed by atoms with E-state index in [-0.39, 0.29) is 5.91 Å². The van der Waals surface area contributed by atoms with Crippen molar-refractivity contribution in [2.24, 2.45) is 5.92 Å². The molecule has 23 heavy (non-hydrogen) atoms. The van der Waals surface area contributed by atoms with Gasteiger partial charge < -0.3 is 5.32 Å². The average Bonchev–Trinajstić information content (AvgIpc) is 2.57. The van der Waals surface area contributed by atoms with Crippen molar-refractivity contribution in [3.05, 3.63) is 22.4 Å².